The molecule has 1 N–H and O–H groups in total. The Hall–Kier alpha value is -0.930. The van der Waals surface area contributed by atoms with E-state index in [2.05, 4.69) is 12.2 Å². The van der Waals surface area contributed by atoms with Crippen LogP contribution in [0, 0.1) is 0 Å². The molecule has 21 heavy (non-hydrogen) atoms. The van der Waals surface area contributed by atoms with Gasteiger partial charge < -0.3 is 10.1 Å². The zero-order valence-corrected chi connectivity index (χ0v) is 14.1. The van der Waals surface area contributed by atoms with Gasteiger partial charge in [0.15, 0.2) is 0 Å². The molecule has 2 aromatic carbocycles. The standard InChI is InChI=1S/C16H16Cl3NO/c1-3-20-16(10-4-6-12(17)13(18)8-10)11-5-7-15(21-2)14(19)9-11/h4-9,16,20H,3H2,1-2H3. The molecule has 2 rings (SSSR count). The lowest BCUT2D eigenvalue weighted by Gasteiger charge is -2.20. The van der Waals surface area contributed by atoms with Gasteiger partial charge in [-0.3, -0.25) is 0 Å². The van der Waals surface area contributed by atoms with Gasteiger partial charge in [-0.15, -0.1) is 0 Å². The van der Waals surface area contributed by atoms with Crippen LogP contribution in [0.15, 0.2) is 36.4 Å². The molecule has 0 fully saturated rings. The van der Waals surface area contributed by atoms with E-state index in [0.29, 0.717) is 20.8 Å². The van der Waals surface area contributed by atoms with E-state index >= 15 is 0 Å². The van der Waals surface area contributed by atoms with Crippen molar-refractivity contribution in [1.29, 1.82) is 0 Å². The molecule has 0 radical (unpaired) electrons. The highest BCUT2D eigenvalue weighted by Crippen LogP contribution is 2.32. The molecule has 0 aliphatic carbocycles. The fourth-order valence-electron chi connectivity index (χ4n) is 2.19. The Kier molecular flexibility index (Phi) is 5.77. The molecule has 112 valence electrons. The zero-order valence-electron chi connectivity index (χ0n) is 11.8. The predicted molar refractivity (Wildman–Crippen MR) is 90.0 cm³/mol. The van der Waals surface area contributed by atoms with Crippen LogP contribution in [0.1, 0.15) is 24.1 Å². The SMILES string of the molecule is CCNC(c1ccc(Cl)c(Cl)c1)c1ccc(OC)c(Cl)c1. The molecule has 0 bridgehead atoms. The fraction of sp³-hybridized carbons (Fsp3) is 0.250. The van der Waals surface area contributed by atoms with E-state index in [9.17, 15) is 0 Å². The summed E-state index contributed by atoms with van der Waals surface area (Å²) in [5.41, 5.74) is 2.08. The Labute approximate surface area is 140 Å². The van der Waals surface area contributed by atoms with Gasteiger partial charge in [0.2, 0.25) is 0 Å². The summed E-state index contributed by atoms with van der Waals surface area (Å²) in [4.78, 5) is 0. The minimum Gasteiger partial charge on any atom is -0.495 e. The first-order valence-corrected chi connectivity index (χ1v) is 7.72. The van der Waals surface area contributed by atoms with E-state index in [0.717, 1.165) is 17.7 Å². The number of hydrogen-bond donors (Lipinski definition) is 1. The van der Waals surface area contributed by atoms with E-state index < -0.39 is 0 Å². The Morgan fingerprint density at radius 2 is 1.57 bits per heavy atom. The van der Waals surface area contributed by atoms with Crippen molar-refractivity contribution < 1.29 is 4.74 Å². The molecule has 0 aromatic heterocycles. The van der Waals surface area contributed by atoms with Crippen LogP contribution in [0.25, 0.3) is 0 Å². The van der Waals surface area contributed by atoms with Gasteiger partial charge in [-0.1, -0.05) is 53.9 Å². The van der Waals surface area contributed by atoms with Crippen molar-refractivity contribution in [1.82, 2.24) is 5.32 Å². The summed E-state index contributed by atoms with van der Waals surface area (Å²) in [7, 11) is 1.60. The molecule has 0 aliphatic rings. The summed E-state index contributed by atoms with van der Waals surface area (Å²) in [6, 6.07) is 11.4. The molecule has 0 heterocycles. The van der Waals surface area contributed by atoms with Gasteiger partial charge in [0.05, 0.1) is 28.2 Å². The van der Waals surface area contributed by atoms with Gasteiger partial charge in [-0.2, -0.15) is 0 Å². The zero-order chi connectivity index (χ0) is 15.4. The maximum absolute atomic E-state index is 6.22. The number of nitrogens with one attached hydrogen (secondary N) is 1. The van der Waals surface area contributed by atoms with Gasteiger partial charge in [0, 0.05) is 0 Å². The summed E-state index contributed by atoms with van der Waals surface area (Å²) >= 11 is 18.3. The van der Waals surface area contributed by atoms with Crippen LogP contribution < -0.4 is 10.1 Å². The average Bonchev–Trinajstić information content (AvgIpc) is 2.48. The Balaban J connectivity index is 2.42. The summed E-state index contributed by atoms with van der Waals surface area (Å²) < 4.78 is 5.19. The minimum atomic E-state index is -0.00632. The largest absolute Gasteiger partial charge is 0.495 e. The number of hydrogen-bond acceptors (Lipinski definition) is 2. The molecule has 5 heteroatoms. The summed E-state index contributed by atoms with van der Waals surface area (Å²) in [5.74, 6) is 0.657. The topological polar surface area (TPSA) is 21.3 Å². The predicted octanol–water partition coefficient (Wildman–Crippen LogP) is 5.35. The van der Waals surface area contributed by atoms with Crippen LogP contribution in [0.3, 0.4) is 0 Å². The Bertz CT molecular complexity index is 631. The number of rotatable bonds is 5. The maximum atomic E-state index is 6.22. The third-order valence-electron chi connectivity index (χ3n) is 3.19. The lowest BCUT2D eigenvalue weighted by molar-refractivity contribution is 0.414. The smallest absolute Gasteiger partial charge is 0.137 e. The van der Waals surface area contributed by atoms with E-state index in [-0.39, 0.29) is 6.04 Å². The third kappa shape index (κ3) is 3.83. The van der Waals surface area contributed by atoms with Gasteiger partial charge >= 0.3 is 0 Å². The highest BCUT2D eigenvalue weighted by molar-refractivity contribution is 6.42. The van der Waals surface area contributed by atoms with Crippen LogP contribution in [0.5, 0.6) is 5.75 Å². The van der Waals surface area contributed by atoms with Crippen molar-refractivity contribution in [3.05, 3.63) is 62.6 Å². The van der Waals surface area contributed by atoms with Crippen molar-refractivity contribution in [3.63, 3.8) is 0 Å². The van der Waals surface area contributed by atoms with Gasteiger partial charge in [-0.25, -0.2) is 0 Å². The lowest BCUT2D eigenvalue weighted by Crippen LogP contribution is -2.22. The van der Waals surface area contributed by atoms with Crippen LogP contribution in [-0.2, 0) is 0 Å². The second-order valence-electron chi connectivity index (χ2n) is 4.56. The molecule has 0 saturated carbocycles. The molecule has 1 atom stereocenters. The first-order chi connectivity index (χ1) is 10.1. The van der Waals surface area contributed by atoms with Gasteiger partial charge in [0.25, 0.3) is 0 Å². The second-order valence-corrected chi connectivity index (χ2v) is 5.78. The monoisotopic (exact) mass is 343 g/mol. The Morgan fingerprint density at radius 3 is 2.10 bits per heavy atom. The molecule has 0 amide bonds. The number of halogens is 3. The van der Waals surface area contributed by atoms with Crippen LogP contribution >= 0.6 is 34.8 Å². The van der Waals surface area contributed by atoms with E-state index in [1.54, 1.807) is 13.2 Å². The van der Waals surface area contributed by atoms with Crippen LogP contribution in [0.2, 0.25) is 15.1 Å². The van der Waals surface area contributed by atoms with Gasteiger partial charge in [0.1, 0.15) is 5.75 Å². The molecular formula is C16H16Cl3NO. The van der Waals surface area contributed by atoms with Crippen molar-refractivity contribution in [2.45, 2.75) is 13.0 Å². The highest BCUT2D eigenvalue weighted by atomic mass is 35.5. The second kappa shape index (κ2) is 7.37. The van der Waals surface area contributed by atoms with Gasteiger partial charge in [-0.05, 0) is 41.9 Å². The van der Waals surface area contributed by atoms with Crippen molar-refractivity contribution in [2.24, 2.45) is 0 Å². The first kappa shape index (κ1) is 16.4. The number of ether oxygens (including phenoxy) is 1. The van der Waals surface area contributed by atoms with E-state index in [1.807, 2.05) is 30.3 Å². The molecule has 0 saturated heterocycles. The normalized spacial score (nSPS) is 12.2. The molecular weight excluding hydrogens is 329 g/mol. The maximum Gasteiger partial charge on any atom is 0.137 e. The number of benzene rings is 2. The molecule has 1 unspecified atom stereocenters. The summed E-state index contributed by atoms with van der Waals surface area (Å²) in [6.45, 7) is 2.87. The fourth-order valence-corrected chi connectivity index (χ4v) is 2.76. The molecule has 2 nitrogen and oxygen atoms in total. The summed E-state index contributed by atoms with van der Waals surface area (Å²) in [5, 5.41) is 5.09. The van der Waals surface area contributed by atoms with Crippen LogP contribution in [0.4, 0.5) is 0 Å². The Morgan fingerprint density at radius 1 is 0.952 bits per heavy atom. The first-order valence-electron chi connectivity index (χ1n) is 6.58. The quantitative estimate of drug-likeness (QED) is 0.789. The average molecular weight is 345 g/mol. The van der Waals surface area contributed by atoms with E-state index in [4.69, 9.17) is 39.5 Å². The van der Waals surface area contributed by atoms with Crippen LogP contribution in [-0.4, -0.2) is 13.7 Å². The third-order valence-corrected chi connectivity index (χ3v) is 4.23. The molecule has 0 spiro atoms. The van der Waals surface area contributed by atoms with Crippen molar-refractivity contribution in [2.75, 3.05) is 13.7 Å². The van der Waals surface area contributed by atoms with E-state index in [1.165, 1.54) is 0 Å². The van der Waals surface area contributed by atoms with Crippen molar-refractivity contribution >= 4 is 34.8 Å². The molecule has 0 aliphatic heterocycles. The molecule has 2 aromatic rings. The number of methoxy groups -OCH3 is 1. The minimum absolute atomic E-state index is 0.00632. The highest BCUT2D eigenvalue weighted by Gasteiger charge is 2.15. The summed E-state index contributed by atoms with van der Waals surface area (Å²) in [6.07, 6.45) is 0. The lowest BCUT2D eigenvalue weighted by atomic mass is 9.98. The van der Waals surface area contributed by atoms with Crippen molar-refractivity contribution in [3.8, 4) is 5.75 Å².